The van der Waals surface area contributed by atoms with Crippen LogP contribution in [0.1, 0.15) is 0 Å². The molecule has 3 aromatic rings. The van der Waals surface area contributed by atoms with Gasteiger partial charge in [0.15, 0.2) is 0 Å². The van der Waals surface area contributed by atoms with E-state index < -0.39 is 0 Å². The molecule has 0 aliphatic carbocycles. The lowest BCUT2D eigenvalue weighted by Crippen LogP contribution is -1.89. The monoisotopic (exact) mass is 243 g/mol. The SMILES string of the molecule is Nc1ccc(-c2cccc3ccsc23)c(F)c1. The van der Waals surface area contributed by atoms with Gasteiger partial charge in [0.2, 0.25) is 0 Å². The van der Waals surface area contributed by atoms with E-state index in [0.29, 0.717) is 11.3 Å². The highest BCUT2D eigenvalue weighted by molar-refractivity contribution is 7.17. The fraction of sp³-hybridized carbons (Fsp3) is 0. The van der Waals surface area contributed by atoms with Crippen LogP contribution in [0, 0.1) is 5.82 Å². The number of fused-ring (bicyclic) bond motifs is 1. The summed E-state index contributed by atoms with van der Waals surface area (Å²) in [6.45, 7) is 0. The second-order valence-electron chi connectivity index (χ2n) is 3.88. The largest absolute Gasteiger partial charge is 0.399 e. The smallest absolute Gasteiger partial charge is 0.133 e. The predicted octanol–water partition coefficient (Wildman–Crippen LogP) is 4.29. The van der Waals surface area contributed by atoms with Crippen molar-refractivity contribution in [2.24, 2.45) is 0 Å². The molecule has 0 fully saturated rings. The molecule has 0 saturated heterocycles. The van der Waals surface area contributed by atoms with Crippen LogP contribution in [0.5, 0.6) is 0 Å². The van der Waals surface area contributed by atoms with E-state index in [1.54, 1.807) is 23.5 Å². The number of benzene rings is 2. The van der Waals surface area contributed by atoms with E-state index in [1.165, 1.54) is 6.07 Å². The second kappa shape index (κ2) is 3.86. The fourth-order valence-corrected chi connectivity index (χ4v) is 2.88. The third kappa shape index (κ3) is 1.68. The molecule has 0 radical (unpaired) electrons. The fourth-order valence-electron chi connectivity index (χ4n) is 1.95. The Morgan fingerprint density at radius 3 is 2.71 bits per heavy atom. The van der Waals surface area contributed by atoms with Gasteiger partial charge in [-0.05, 0) is 35.0 Å². The highest BCUT2D eigenvalue weighted by atomic mass is 32.1. The minimum atomic E-state index is -0.272. The van der Waals surface area contributed by atoms with Gasteiger partial charge in [-0.15, -0.1) is 11.3 Å². The number of halogens is 1. The van der Waals surface area contributed by atoms with Gasteiger partial charge in [-0.25, -0.2) is 4.39 Å². The van der Waals surface area contributed by atoms with Crippen LogP contribution in [0.2, 0.25) is 0 Å². The average Bonchev–Trinajstić information content (AvgIpc) is 2.77. The van der Waals surface area contributed by atoms with Crippen LogP contribution in [0.4, 0.5) is 10.1 Å². The van der Waals surface area contributed by atoms with E-state index in [2.05, 4.69) is 0 Å². The van der Waals surface area contributed by atoms with Crippen molar-refractivity contribution < 1.29 is 4.39 Å². The van der Waals surface area contributed by atoms with Gasteiger partial charge in [0, 0.05) is 21.5 Å². The van der Waals surface area contributed by atoms with Gasteiger partial charge >= 0.3 is 0 Å². The number of hydrogen-bond donors (Lipinski definition) is 1. The molecule has 84 valence electrons. The highest BCUT2D eigenvalue weighted by Gasteiger charge is 2.09. The Bertz CT molecular complexity index is 688. The standard InChI is InChI=1S/C14H10FNS/c15-13-8-10(16)4-5-11(13)12-3-1-2-9-6-7-17-14(9)12/h1-8H,16H2. The van der Waals surface area contributed by atoms with E-state index in [1.807, 2.05) is 29.6 Å². The highest BCUT2D eigenvalue weighted by Crippen LogP contribution is 2.34. The summed E-state index contributed by atoms with van der Waals surface area (Å²) < 4.78 is 15.0. The van der Waals surface area contributed by atoms with E-state index in [4.69, 9.17) is 5.73 Å². The van der Waals surface area contributed by atoms with Crippen molar-refractivity contribution in [2.75, 3.05) is 5.73 Å². The zero-order valence-corrected chi connectivity index (χ0v) is 9.80. The van der Waals surface area contributed by atoms with E-state index in [9.17, 15) is 4.39 Å². The first-order valence-corrected chi connectivity index (χ1v) is 6.15. The number of rotatable bonds is 1. The maximum Gasteiger partial charge on any atom is 0.133 e. The van der Waals surface area contributed by atoms with Gasteiger partial charge in [-0.1, -0.05) is 18.2 Å². The summed E-state index contributed by atoms with van der Waals surface area (Å²) in [6.07, 6.45) is 0. The molecule has 1 heterocycles. The summed E-state index contributed by atoms with van der Waals surface area (Å²) in [5, 5.41) is 3.16. The quantitative estimate of drug-likeness (QED) is 0.634. The Hall–Kier alpha value is -1.87. The molecule has 1 nitrogen and oxygen atoms in total. The van der Waals surface area contributed by atoms with Crippen molar-refractivity contribution >= 4 is 27.1 Å². The minimum absolute atomic E-state index is 0.272. The number of nitrogen functional groups attached to an aromatic ring is 1. The van der Waals surface area contributed by atoms with Crippen molar-refractivity contribution in [1.29, 1.82) is 0 Å². The molecule has 0 amide bonds. The van der Waals surface area contributed by atoms with Crippen LogP contribution in [0.25, 0.3) is 21.2 Å². The Balaban J connectivity index is 2.30. The Morgan fingerprint density at radius 1 is 1.00 bits per heavy atom. The van der Waals surface area contributed by atoms with Crippen LogP contribution in [0.3, 0.4) is 0 Å². The molecule has 0 spiro atoms. The lowest BCUT2D eigenvalue weighted by atomic mass is 10.0. The maximum absolute atomic E-state index is 13.9. The zero-order chi connectivity index (χ0) is 11.8. The Kier molecular flexibility index (Phi) is 2.34. The van der Waals surface area contributed by atoms with Crippen LogP contribution in [0.15, 0.2) is 47.8 Å². The molecule has 0 aliphatic rings. The lowest BCUT2D eigenvalue weighted by Gasteiger charge is -2.05. The Morgan fingerprint density at radius 2 is 1.88 bits per heavy atom. The van der Waals surface area contributed by atoms with E-state index >= 15 is 0 Å². The normalized spacial score (nSPS) is 10.9. The summed E-state index contributed by atoms with van der Waals surface area (Å²) in [4.78, 5) is 0. The van der Waals surface area contributed by atoms with Crippen molar-refractivity contribution in [2.45, 2.75) is 0 Å². The first-order valence-electron chi connectivity index (χ1n) is 5.27. The van der Waals surface area contributed by atoms with Crippen LogP contribution in [-0.4, -0.2) is 0 Å². The van der Waals surface area contributed by atoms with Crippen LogP contribution in [-0.2, 0) is 0 Å². The van der Waals surface area contributed by atoms with E-state index in [-0.39, 0.29) is 5.82 Å². The van der Waals surface area contributed by atoms with Crippen molar-refractivity contribution in [3.05, 3.63) is 53.7 Å². The molecular weight excluding hydrogens is 233 g/mol. The van der Waals surface area contributed by atoms with Crippen LogP contribution < -0.4 is 5.73 Å². The topological polar surface area (TPSA) is 26.0 Å². The third-order valence-electron chi connectivity index (χ3n) is 2.76. The van der Waals surface area contributed by atoms with Gasteiger partial charge in [-0.3, -0.25) is 0 Å². The number of anilines is 1. The number of hydrogen-bond acceptors (Lipinski definition) is 2. The molecule has 0 bridgehead atoms. The average molecular weight is 243 g/mol. The van der Waals surface area contributed by atoms with Gasteiger partial charge in [0.1, 0.15) is 5.82 Å². The first kappa shape index (κ1) is 10.3. The molecule has 0 saturated carbocycles. The number of nitrogens with two attached hydrogens (primary N) is 1. The zero-order valence-electron chi connectivity index (χ0n) is 8.98. The summed E-state index contributed by atoms with van der Waals surface area (Å²) in [6, 6.07) is 12.8. The van der Waals surface area contributed by atoms with Crippen molar-refractivity contribution in [3.63, 3.8) is 0 Å². The molecule has 1 aromatic heterocycles. The Labute approximate surface area is 102 Å². The molecule has 2 aromatic carbocycles. The molecular formula is C14H10FNS. The molecule has 0 unspecified atom stereocenters. The molecule has 3 heteroatoms. The molecule has 17 heavy (non-hydrogen) atoms. The van der Waals surface area contributed by atoms with Gasteiger partial charge in [0.25, 0.3) is 0 Å². The van der Waals surface area contributed by atoms with Crippen LogP contribution >= 0.6 is 11.3 Å². The molecule has 2 N–H and O–H groups in total. The first-order chi connectivity index (χ1) is 8.25. The molecule has 0 aliphatic heterocycles. The maximum atomic E-state index is 13.9. The third-order valence-corrected chi connectivity index (χ3v) is 3.73. The predicted molar refractivity (Wildman–Crippen MR) is 71.6 cm³/mol. The van der Waals surface area contributed by atoms with Gasteiger partial charge < -0.3 is 5.73 Å². The van der Waals surface area contributed by atoms with Gasteiger partial charge in [0.05, 0.1) is 0 Å². The summed E-state index contributed by atoms with van der Waals surface area (Å²) in [7, 11) is 0. The van der Waals surface area contributed by atoms with E-state index in [0.717, 1.165) is 15.6 Å². The minimum Gasteiger partial charge on any atom is -0.399 e. The molecule has 3 rings (SSSR count). The van der Waals surface area contributed by atoms with Crippen molar-refractivity contribution in [1.82, 2.24) is 0 Å². The summed E-state index contributed by atoms with van der Waals surface area (Å²) in [5.41, 5.74) is 7.54. The summed E-state index contributed by atoms with van der Waals surface area (Å²) in [5.74, 6) is -0.272. The van der Waals surface area contributed by atoms with Gasteiger partial charge in [-0.2, -0.15) is 0 Å². The number of thiophene rings is 1. The summed E-state index contributed by atoms with van der Waals surface area (Å²) >= 11 is 1.62. The lowest BCUT2D eigenvalue weighted by molar-refractivity contribution is 0.632. The second-order valence-corrected chi connectivity index (χ2v) is 4.80. The van der Waals surface area contributed by atoms with Crippen molar-refractivity contribution in [3.8, 4) is 11.1 Å². The molecule has 0 atom stereocenters.